The Morgan fingerprint density at radius 3 is 2.50 bits per heavy atom. The van der Waals surface area contributed by atoms with E-state index in [1.165, 1.54) is 0 Å². The molecule has 100 valence electrons. The summed E-state index contributed by atoms with van der Waals surface area (Å²) in [7, 11) is 0. The molecule has 0 saturated carbocycles. The van der Waals surface area contributed by atoms with E-state index in [1.807, 2.05) is 13.0 Å². The maximum atomic E-state index is 11.2. The number of anilines is 1. The lowest BCUT2D eigenvalue weighted by atomic mass is 10.0. The van der Waals surface area contributed by atoms with Crippen LogP contribution < -0.4 is 5.32 Å². The van der Waals surface area contributed by atoms with Gasteiger partial charge in [-0.3, -0.25) is 0 Å². The van der Waals surface area contributed by atoms with Crippen molar-refractivity contribution in [3.63, 3.8) is 0 Å². The number of carboxylic acid groups (broad SMARTS) is 1. The summed E-state index contributed by atoms with van der Waals surface area (Å²) in [6.07, 6.45) is 2.19. The zero-order chi connectivity index (χ0) is 13.7. The SMILES string of the molecule is Cc1cccc(C(=O)O)c1NC(C)CCC(C)C. The molecule has 0 aromatic heterocycles. The molecule has 0 aliphatic rings. The Morgan fingerprint density at radius 1 is 1.28 bits per heavy atom. The average molecular weight is 249 g/mol. The minimum atomic E-state index is -0.878. The molecule has 0 aliphatic heterocycles. The van der Waals surface area contributed by atoms with Crippen LogP contribution in [0.25, 0.3) is 0 Å². The van der Waals surface area contributed by atoms with Gasteiger partial charge >= 0.3 is 5.97 Å². The molecule has 2 N–H and O–H groups in total. The van der Waals surface area contributed by atoms with Crippen molar-refractivity contribution in [1.29, 1.82) is 0 Å². The number of hydrogen-bond acceptors (Lipinski definition) is 2. The number of aryl methyl sites for hydroxylation is 1. The highest BCUT2D eigenvalue weighted by Gasteiger charge is 2.13. The van der Waals surface area contributed by atoms with Crippen LogP contribution in [0.3, 0.4) is 0 Å². The second-order valence-electron chi connectivity index (χ2n) is 5.32. The average Bonchev–Trinajstić information content (AvgIpc) is 2.28. The summed E-state index contributed by atoms with van der Waals surface area (Å²) in [5.74, 6) is -0.206. The highest BCUT2D eigenvalue weighted by Crippen LogP contribution is 2.22. The number of hydrogen-bond donors (Lipinski definition) is 2. The van der Waals surface area contributed by atoms with E-state index in [9.17, 15) is 9.90 Å². The topological polar surface area (TPSA) is 49.3 Å². The number of carbonyl (C=O) groups is 1. The van der Waals surface area contributed by atoms with Crippen molar-refractivity contribution in [2.45, 2.75) is 46.6 Å². The molecule has 18 heavy (non-hydrogen) atoms. The number of benzene rings is 1. The van der Waals surface area contributed by atoms with Gasteiger partial charge in [0.25, 0.3) is 0 Å². The first-order chi connectivity index (χ1) is 8.41. The standard InChI is InChI=1S/C15H23NO2/c1-10(2)8-9-12(4)16-14-11(3)6-5-7-13(14)15(17)18/h5-7,10,12,16H,8-9H2,1-4H3,(H,17,18). The summed E-state index contributed by atoms with van der Waals surface area (Å²) in [5.41, 5.74) is 2.08. The lowest BCUT2D eigenvalue weighted by Gasteiger charge is -2.19. The molecule has 0 saturated heterocycles. The molecule has 3 nitrogen and oxygen atoms in total. The number of carboxylic acids is 1. The van der Waals surface area contributed by atoms with Crippen molar-refractivity contribution < 1.29 is 9.90 Å². The van der Waals surface area contributed by atoms with Crippen LogP contribution in [0.1, 0.15) is 49.5 Å². The smallest absolute Gasteiger partial charge is 0.337 e. The Balaban J connectivity index is 2.80. The van der Waals surface area contributed by atoms with Gasteiger partial charge in [-0.15, -0.1) is 0 Å². The summed E-state index contributed by atoms with van der Waals surface area (Å²) in [5, 5.41) is 12.5. The molecule has 0 aliphatic carbocycles. The van der Waals surface area contributed by atoms with Gasteiger partial charge in [0, 0.05) is 6.04 Å². The summed E-state index contributed by atoms with van der Waals surface area (Å²) in [6.45, 7) is 8.43. The molecule has 1 aromatic carbocycles. The van der Waals surface area contributed by atoms with Crippen LogP contribution in [0.4, 0.5) is 5.69 Å². The first-order valence-corrected chi connectivity index (χ1v) is 6.51. The number of rotatable bonds is 6. The monoisotopic (exact) mass is 249 g/mol. The molecule has 1 rings (SSSR count). The van der Waals surface area contributed by atoms with E-state index >= 15 is 0 Å². The van der Waals surface area contributed by atoms with Crippen molar-refractivity contribution in [2.24, 2.45) is 5.92 Å². The largest absolute Gasteiger partial charge is 0.478 e. The molecule has 0 bridgehead atoms. The van der Waals surface area contributed by atoms with Gasteiger partial charge in [0.15, 0.2) is 0 Å². The van der Waals surface area contributed by atoms with Crippen molar-refractivity contribution in [1.82, 2.24) is 0 Å². The van der Waals surface area contributed by atoms with Gasteiger partial charge in [0.2, 0.25) is 0 Å². The maximum absolute atomic E-state index is 11.2. The van der Waals surface area contributed by atoms with Gasteiger partial charge in [-0.1, -0.05) is 26.0 Å². The van der Waals surface area contributed by atoms with Crippen molar-refractivity contribution in [3.05, 3.63) is 29.3 Å². The first kappa shape index (κ1) is 14.6. The zero-order valence-electron chi connectivity index (χ0n) is 11.7. The van der Waals surface area contributed by atoms with E-state index in [0.717, 1.165) is 24.1 Å². The minimum absolute atomic E-state index is 0.284. The second kappa shape index (κ2) is 6.43. The Kier molecular flexibility index (Phi) is 5.20. The molecular formula is C15H23NO2. The van der Waals surface area contributed by atoms with E-state index in [4.69, 9.17) is 0 Å². The fourth-order valence-corrected chi connectivity index (χ4v) is 1.94. The predicted octanol–water partition coefficient (Wildman–Crippen LogP) is 3.93. The Hall–Kier alpha value is -1.51. The van der Waals surface area contributed by atoms with Gasteiger partial charge in [-0.25, -0.2) is 4.79 Å². The normalized spacial score (nSPS) is 12.5. The van der Waals surface area contributed by atoms with Gasteiger partial charge in [-0.05, 0) is 44.2 Å². The molecular weight excluding hydrogens is 226 g/mol. The van der Waals surface area contributed by atoms with E-state index in [2.05, 4.69) is 26.1 Å². The molecule has 0 fully saturated rings. The van der Waals surface area contributed by atoms with Gasteiger partial charge in [-0.2, -0.15) is 0 Å². The highest BCUT2D eigenvalue weighted by atomic mass is 16.4. The summed E-state index contributed by atoms with van der Waals surface area (Å²) in [6, 6.07) is 5.64. The fraction of sp³-hybridized carbons (Fsp3) is 0.533. The molecule has 0 heterocycles. The Morgan fingerprint density at radius 2 is 1.94 bits per heavy atom. The fourth-order valence-electron chi connectivity index (χ4n) is 1.94. The van der Waals surface area contributed by atoms with Crippen LogP contribution in [0.15, 0.2) is 18.2 Å². The summed E-state index contributed by atoms with van der Waals surface area (Å²) < 4.78 is 0. The maximum Gasteiger partial charge on any atom is 0.337 e. The van der Waals surface area contributed by atoms with Crippen LogP contribution in [-0.4, -0.2) is 17.1 Å². The van der Waals surface area contributed by atoms with Crippen LogP contribution >= 0.6 is 0 Å². The molecule has 0 radical (unpaired) electrons. The predicted molar refractivity (Wildman–Crippen MR) is 75.3 cm³/mol. The van der Waals surface area contributed by atoms with E-state index < -0.39 is 5.97 Å². The number of para-hydroxylation sites is 1. The Bertz CT molecular complexity index is 413. The molecule has 1 atom stereocenters. The highest BCUT2D eigenvalue weighted by molar-refractivity contribution is 5.95. The summed E-state index contributed by atoms with van der Waals surface area (Å²) in [4.78, 5) is 11.2. The Labute approximate surface area is 109 Å². The van der Waals surface area contributed by atoms with E-state index in [0.29, 0.717) is 11.5 Å². The quantitative estimate of drug-likeness (QED) is 0.803. The number of aromatic carboxylic acids is 1. The third-order valence-corrected chi connectivity index (χ3v) is 3.07. The molecule has 1 unspecified atom stereocenters. The van der Waals surface area contributed by atoms with Crippen molar-refractivity contribution in [3.8, 4) is 0 Å². The van der Waals surface area contributed by atoms with E-state index in [-0.39, 0.29) is 6.04 Å². The third kappa shape index (κ3) is 4.06. The number of nitrogens with one attached hydrogen (secondary N) is 1. The first-order valence-electron chi connectivity index (χ1n) is 6.51. The van der Waals surface area contributed by atoms with Crippen LogP contribution in [-0.2, 0) is 0 Å². The van der Waals surface area contributed by atoms with Crippen LogP contribution in [0.5, 0.6) is 0 Å². The van der Waals surface area contributed by atoms with Crippen LogP contribution in [0.2, 0.25) is 0 Å². The third-order valence-electron chi connectivity index (χ3n) is 3.07. The molecule has 0 amide bonds. The molecule has 0 spiro atoms. The van der Waals surface area contributed by atoms with Gasteiger partial charge < -0.3 is 10.4 Å². The molecule has 3 heteroatoms. The summed E-state index contributed by atoms with van der Waals surface area (Å²) >= 11 is 0. The van der Waals surface area contributed by atoms with Crippen molar-refractivity contribution in [2.75, 3.05) is 5.32 Å². The van der Waals surface area contributed by atoms with Crippen LogP contribution in [0, 0.1) is 12.8 Å². The second-order valence-corrected chi connectivity index (χ2v) is 5.32. The lowest BCUT2D eigenvalue weighted by molar-refractivity contribution is 0.0698. The molecule has 1 aromatic rings. The minimum Gasteiger partial charge on any atom is -0.478 e. The van der Waals surface area contributed by atoms with Gasteiger partial charge in [0.05, 0.1) is 11.3 Å². The zero-order valence-corrected chi connectivity index (χ0v) is 11.7. The van der Waals surface area contributed by atoms with E-state index in [1.54, 1.807) is 12.1 Å². The van der Waals surface area contributed by atoms with Crippen molar-refractivity contribution >= 4 is 11.7 Å². The lowest BCUT2D eigenvalue weighted by Crippen LogP contribution is -2.18. The van der Waals surface area contributed by atoms with Gasteiger partial charge in [0.1, 0.15) is 0 Å².